The number of aldehydes is 1. The van der Waals surface area contributed by atoms with Crippen LogP contribution in [0.4, 0.5) is 0 Å². The van der Waals surface area contributed by atoms with Crippen LogP contribution in [0.25, 0.3) is 0 Å². The molecule has 1 aliphatic heterocycles. The van der Waals surface area contributed by atoms with E-state index in [0.29, 0.717) is 10.7 Å². The molecule has 0 radical (unpaired) electrons. The predicted octanol–water partition coefficient (Wildman–Crippen LogP) is 4.71. The summed E-state index contributed by atoms with van der Waals surface area (Å²) >= 11 is 10.5. The molecule has 1 amide bonds. The molecule has 3 nitrogen and oxygen atoms in total. The number of halogens is 1. The van der Waals surface area contributed by atoms with Gasteiger partial charge in [-0.1, -0.05) is 64.2 Å². The second-order valence-electron chi connectivity index (χ2n) is 6.71. The van der Waals surface area contributed by atoms with Gasteiger partial charge in [0.2, 0.25) is 5.91 Å². The number of hydrogen-bond donors (Lipinski definition) is 0. The molecule has 0 saturated carbocycles. The lowest BCUT2D eigenvalue weighted by molar-refractivity contribution is -0.132. The zero-order valence-electron chi connectivity index (χ0n) is 14.1. The second kappa shape index (κ2) is 7.33. The SMILES string of the molecule is CC(C)N1C(=O)[C@]2(SC1=S)[C@H](CC=O)C=CC[C@H]2c1ccc(Br)cc1. The zero-order valence-corrected chi connectivity index (χ0v) is 17.4. The van der Waals surface area contributed by atoms with Gasteiger partial charge < -0.3 is 4.79 Å². The number of carbonyl (C=O) groups is 2. The Morgan fingerprint density at radius 2 is 2.08 bits per heavy atom. The molecule has 1 aliphatic carbocycles. The highest BCUT2D eigenvalue weighted by molar-refractivity contribution is 9.10. The average molecular weight is 438 g/mol. The Hall–Kier alpha value is -0.980. The summed E-state index contributed by atoms with van der Waals surface area (Å²) in [4.78, 5) is 26.6. The number of benzene rings is 1. The van der Waals surface area contributed by atoms with Gasteiger partial charge in [0, 0.05) is 28.8 Å². The summed E-state index contributed by atoms with van der Waals surface area (Å²) in [6.45, 7) is 3.96. The van der Waals surface area contributed by atoms with Gasteiger partial charge in [-0.3, -0.25) is 9.69 Å². The molecule has 132 valence electrons. The average Bonchev–Trinajstić information content (AvgIpc) is 2.82. The minimum Gasteiger partial charge on any atom is -0.303 e. The van der Waals surface area contributed by atoms with Crippen LogP contribution in [0, 0.1) is 5.92 Å². The number of thioether (sulfide) groups is 1. The second-order valence-corrected chi connectivity index (χ2v) is 9.53. The van der Waals surface area contributed by atoms with Gasteiger partial charge in [-0.05, 0) is 38.0 Å². The first-order valence-electron chi connectivity index (χ1n) is 8.34. The lowest BCUT2D eigenvalue weighted by Gasteiger charge is -2.42. The summed E-state index contributed by atoms with van der Waals surface area (Å²) in [5.41, 5.74) is 1.11. The van der Waals surface area contributed by atoms with Gasteiger partial charge in [0.05, 0.1) is 0 Å². The fourth-order valence-corrected chi connectivity index (χ4v) is 6.34. The number of nitrogens with zero attached hydrogens (tertiary/aromatic N) is 1. The van der Waals surface area contributed by atoms with Gasteiger partial charge in [-0.2, -0.15) is 0 Å². The molecule has 3 rings (SSSR count). The number of allylic oxidation sites excluding steroid dienone is 2. The van der Waals surface area contributed by atoms with Gasteiger partial charge in [0.15, 0.2) is 0 Å². The third-order valence-corrected chi connectivity index (χ3v) is 7.40. The van der Waals surface area contributed by atoms with Crippen LogP contribution in [0.15, 0.2) is 40.9 Å². The Labute approximate surface area is 166 Å². The van der Waals surface area contributed by atoms with Crippen molar-refractivity contribution in [3.05, 3.63) is 46.5 Å². The van der Waals surface area contributed by atoms with Crippen molar-refractivity contribution in [2.75, 3.05) is 0 Å². The number of carbonyl (C=O) groups excluding carboxylic acids is 2. The summed E-state index contributed by atoms with van der Waals surface area (Å²) in [5.74, 6) is -0.108. The van der Waals surface area contributed by atoms with E-state index in [4.69, 9.17) is 12.2 Å². The van der Waals surface area contributed by atoms with Crippen LogP contribution < -0.4 is 0 Å². The summed E-state index contributed by atoms with van der Waals surface area (Å²) in [6.07, 6.45) is 6.14. The maximum Gasteiger partial charge on any atom is 0.246 e. The fraction of sp³-hybridized carbons (Fsp3) is 0.421. The number of amides is 1. The molecule has 25 heavy (non-hydrogen) atoms. The zero-order chi connectivity index (χ0) is 18.2. The van der Waals surface area contributed by atoms with Crippen LogP contribution in [0.5, 0.6) is 0 Å². The highest BCUT2D eigenvalue weighted by Gasteiger charge is 2.60. The van der Waals surface area contributed by atoms with E-state index in [1.807, 2.05) is 32.1 Å². The highest BCUT2D eigenvalue weighted by atomic mass is 79.9. The van der Waals surface area contributed by atoms with Crippen molar-refractivity contribution in [1.29, 1.82) is 0 Å². The van der Waals surface area contributed by atoms with Gasteiger partial charge in [-0.15, -0.1) is 0 Å². The van der Waals surface area contributed by atoms with E-state index in [9.17, 15) is 9.59 Å². The van der Waals surface area contributed by atoms with Gasteiger partial charge >= 0.3 is 0 Å². The Bertz CT molecular complexity index is 731. The molecule has 0 bridgehead atoms. The monoisotopic (exact) mass is 437 g/mol. The molecular formula is C19H20BrNO2S2. The first kappa shape index (κ1) is 18.8. The molecule has 3 atom stereocenters. The summed E-state index contributed by atoms with van der Waals surface area (Å²) < 4.78 is 0.893. The van der Waals surface area contributed by atoms with Crippen molar-refractivity contribution in [3.63, 3.8) is 0 Å². The van der Waals surface area contributed by atoms with E-state index >= 15 is 0 Å². The number of hydrogen-bond acceptors (Lipinski definition) is 4. The van der Waals surface area contributed by atoms with Crippen molar-refractivity contribution in [3.8, 4) is 0 Å². The molecule has 6 heteroatoms. The highest BCUT2D eigenvalue weighted by Crippen LogP contribution is 2.56. The van der Waals surface area contributed by atoms with Gasteiger partial charge in [0.1, 0.15) is 15.4 Å². The molecule has 1 aromatic rings. The van der Waals surface area contributed by atoms with Crippen molar-refractivity contribution in [2.45, 2.75) is 43.4 Å². The Morgan fingerprint density at radius 3 is 2.64 bits per heavy atom. The topological polar surface area (TPSA) is 37.4 Å². The molecule has 0 aromatic heterocycles. The van der Waals surface area contributed by atoms with Crippen LogP contribution in [0.3, 0.4) is 0 Å². The summed E-state index contributed by atoms with van der Waals surface area (Å²) in [5, 5.41) is 0. The molecule has 1 spiro atoms. The molecular weight excluding hydrogens is 418 g/mol. The molecule has 2 aliphatic rings. The van der Waals surface area contributed by atoms with E-state index < -0.39 is 4.75 Å². The van der Waals surface area contributed by atoms with Gasteiger partial charge in [-0.25, -0.2) is 0 Å². The number of rotatable bonds is 4. The third kappa shape index (κ3) is 3.13. The predicted molar refractivity (Wildman–Crippen MR) is 110 cm³/mol. The molecule has 1 aromatic carbocycles. The van der Waals surface area contributed by atoms with Crippen LogP contribution in [-0.4, -0.2) is 32.2 Å². The molecule has 0 N–H and O–H groups in total. The standard InChI is InChI=1S/C19H20BrNO2S2/c1-12(2)21-17(23)19(25-18(21)24)14(10-11-22)4-3-5-16(19)13-6-8-15(20)9-7-13/h3-4,6-9,11-12,14,16H,5,10H2,1-2H3/t14-,16-,19-/m0/s1. The number of thiocarbonyl (C=S) groups is 1. The van der Waals surface area contributed by atoms with E-state index in [2.05, 4.69) is 34.1 Å². The maximum absolute atomic E-state index is 13.5. The minimum absolute atomic E-state index is 0.00486. The van der Waals surface area contributed by atoms with Crippen LogP contribution >= 0.6 is 39.9 Å². The van der Waals surface area contributed by atoms with Crippen molar-refractivity contribution in [1.82, 2.24) is 4.90 Å². The first-order chi connectivity index (χ1) is 11.9. The van der Waals surface area contributed by atoms with E-state index in [1.165, 1.54) is 11.8 Å². The maximum atomic E-state index is 13.5. The van der Waals surface area contributed by atoms with Crippen LogP contribution in [-0.2, 0) is 9.59 Å². The van der Waals surface area contributed by atoms with E-state index in [-0.39, 0.29) is 23.8 Å². The lowest BCUT2D eigenvalue weighted by atomic mass is 9.70. The van der Waals surface area contributed by atoms with E-state index in [0.717, 1.165) is 22.7 Å². The minimum atomic E-state index is -0.731. The normalized spacial score (nSPS) is 29.0. The van der Waals surface area contributed by atoms with Crippen LogP contribution in [0.1, 0.15) is 38.2 Å². The molecule has 1 fully saturated rings. The van der Waals surface area contributed by atoms with Crippen LogP contribution in [0.2, 0.25) is 0 Å². The van der Waals surface area contributed by atoms with Crippen molar-refractivity contribution in [2.24, 2.45) is 5.92 Å². The fourth-order valence-electron chi connectivity index (χ4n) is 3.80. The Kier molecular flexibility index (Phi) is 5.51. The Balaban J connectivity index is 2.13. The van der Waals surface area contributed by atoms with Crippen molar-refractivity contribution < 1.29 is 9.59 Å². The summed E-state index contributed by atoms with van der Waals surface area (Å²) in [6, 6.07) is 8.13. The quantitative estimate of drug-likeness (QED) is 0.388. The third-order valence-electron chi connectivity index (χ3n) is 4.95. The first-order valence-corrected chi connectivity index (χ1v) is 10.4. The van der Waals surface area contributed by atoms with E-state index in [1.54, 1.807) is 4.90 Å². The Morgan fingerprint density at radius 1 is 1.40 bits per heavy atom. The van der Waals surface area contributed by atoms with Gasteiger partial charge in [0.25, 0.3) is 0 Å². The molecule has 0 unspecified atom stereocenters. The molecule has 1 saturated heterocycles. The molecule has 1 heterocycles. The smallest absolute Gasteiger partial charge is 0.246 e. The largest absolute Gasteiger partial charge is 0.303 e. The van der Waals surface area contributed by atoms with Crippen molar-refractivity contribution >= 4 is 56.4 Å². The lowest BCUT2D eigenvalue weighted by Crippen LogP contribution is -2.51. The summed E-state index contributed by atoms with van der Waals surface area (Å²) in [7, 11) is 0.